The third-order valence-electron chi connectivity index (χ3n) is 3.77. The molecule has 0 spiro atoms. The van der Waals surface area contributed by atoms with Crippen LogP contribution in [0.2, 0.25) is 0 Å². The molecule has 0 heterocycles. The summed E-state index contributed by atoms with van der Waals surface area (Å²) in [6.07, 6.45) is 0. The molecule has 0 amide bonds. The standard InChI is InChI=1S/C20H24ClNO2/c1-16(21)20(17-6-4-3-5-7-17)18-8-10-19(11-9-18)24-15-13-22(2)12-14-23/h3-11,23H,12-15H2,1-2H3/b20-16+. The van der Waals surface area contributed by atoms with Crippen LogP contribution in [0.4, 0.5) is 0 Å². The third kappa shape index (κ3) is 5.38. The molecule has 2 aromatic rings. The largest absolute Gasteiger partial charge is 0.492 e. The molecule has 0 unspecified atom stereocenters. The third-order valence-corrected chi connectivity index (χ3v) is 3.96. The molecular weight excluding hydrogens is 322 g/mol. The summed E-state index contributed by atoms with van der Waals surface area (Å²) < 4.78 is 5.75. The van der Waals surface area contributed by atoms with Crippen LogP contribution in [0.3, 0.4) is 0 Å². The zero-order valence-electron chi connectivity index (χ0n) is 14.2. The number of ether oxygens (including phenoxy) is 1. The molecule has 24 heavy (non-hydrogen) atoms. The Morgan fingerprint density at radius 3 is 2.21 bits per heavy atom. The maximum absolute atomic E-state index is 8.88. The second-order valence-corrected chi connectivity index (χ2v) is 6.24. The zero-order valence-corrected chi connectivity index (χ0v) is 15.0. The Bertz CT molecular complexity index is 649. The van der Waals surface area contributed by atoms with Gasteiger partial charge in [-0.3, -0.25) is 0 Å². The molecule has 0 saturated carbocycles. The molecule has 0 saturated heterocycles. The van der Waals surface area contributed by atoms with Crippen LogP contribution in [0.25, 0.3) is 5.57 Å². The van der Waals surface area contributed by atoms with E-state index in [4.69, 9.17) is 21.4 Å². The molecule has 0 fully saturated rings. The van der Waals surface area contributed by atoms with Crippen molar-refractivity contribution in [2.24, 2.45) is 0 Å². The molecule has 1 N–H and O–H groups in total. The second kappa shape index (κ2) is 9.48. The molecule has 4 heteroatoms. The molecule has 2 aromatic carbocycles. The topological polar surface area (TPSA) is 32.7 Å². The van der Waals surface area contributed by atoms with E-state index >= 15 is 0 Å². The number of nitrogens with zero attached hydrogens (tertiary/aromatic N) is 1. The van der Waals surface area contributed by atoms with Gasteiger partial charge in [0.2, 0.25) is 0 Å². The van der Waals surface area contributed by atoms with Gasteiger partial charge in [0.05, 0.1) is 6.61 Å². The number of benzene rings is 2. The van der Waals surface area contributed by atoms with Gasteiger partial charge in [0.15, 0.2) is 0 Å². The molecular formula is C20H24ClNO2. The summed E-state index contributed by atoms with van der Waals surface area (Å²) >= 11 is 6.32. The van der Waals surface area contributed by atoms with E-state index in [0.717, 1.165) is 34.0 Å². The van der Waals surface area contributed by atoms with Crippen molar-refractivity contribution in [3.05, 3.63) is 70.8 Å². The molecule has 0 radical (unpaired) electrons. The highest BCUT2D eigenvalue weighted by Gasteiger charge is 2.08. The van der Waals surface area contributed by atoms with Crippen molar-refractivity contribution in [2.75, 3.05) is 33.4 Å². The fourth-order valence-corrected chi connectivity index (χ4v) is 2.71. The highest BCUT2D eigenvalue weighted by Crippen LogP contribution is 2.29. The van der Waals surface area contributed by atoms with E-state index in [2.05, 4.69) is 12.1 Å². The Morgan fingerprint density at radius 2 is 1.62 bits per heavy atom. The van der Waals surface area contributed by atoms with Gasteiger partial charge in [0.1, 0.15) is 12.4 Å². The first-order valence-electron chi connectivity index (χ1n) is 8.06. The Morgan fingerprint density at radius 1 is 1.00 bits per heavy atom. The van der Waals surface area contributed by atoms with Gasteiger partial charge in [-0.15, -0.1) is 0 Å². The number of likely N-dealkylation sites (N-methyl/N-ethyl adjacent to an activating group) is 1. The lowest BCUT2D eigenvalue weighted by Crippen LogP contribution is -2.27. The van der Waals surface area contributed by atoms with Crippen LogP contribution >= 0.6 is 11.6 Å². The number of allylic oxidation sites excluding steroid dienone is 1. The molecule has 2 rings (SSSR count). The van der Waals surface area contributed by atoms with Crippen molar-refractivity contribution in [3.63, 3.8) is 0 Å². The first-order chi connectivity index (χ1) is 11.6. The number of hydrogen-bond acceptors (Lipinski definition) is 3. The summed E-state index contributed by atoms with van der Waals surface area (Å²) in [6, 6.07) is 18.1. The van der Waals surface area contributed by atoms with Crippen LogP contribution in [0, 0.1) is 0 Å². The van der Waals surface area contributed by atoms with Gasteiger partial charge in [0, 0.05) is 23.7 Å². The van der Waals surface area contributed by atoms with E-state index in [1.165, 1.54) is 0 Å². The summed E-state index contributed by atoms with van der Waals surface area (Å²) in [5.41, 5.74) is 3.20. The van der Waals surface area contributed by atoms with Crippen LogP contribution in [0.1, 0.15) is 18.1 Å². The molecule has 128 valence electrons. The summed E-state index contributed by atoms with van der Waals surface area (Å²) in [5.74, 6) is 0.829. The van der Waals surface area contributed by atoms with Crippen LogP contribution in [-0.4, -0.2) is 43.4 Å². The summed E-state index contributed by atoms with van der Waals surface area (Å²) in [5, 5.41) is 9.64. The van der Waals surface area contributed by atoms with Crippen molar-refractivity contribution in [1.82, 2.24) is 4.90 Å². The summed E-state index contributed by atoms with van der Waals surface area (Å²) in [4.78, 5) is 2.03. The number of halogens is 1. The maximum atomic E-state index is 8.88. The van der Waals surface area contributed by atoms with E-state index in [-0.39, 0.29) is 6.61 Å². The Labute approximate surface area is 149 Å². The fourth-order valence-electron chi connectivity index (χ4n) is 2.49. The molecule has 0 aliphatic rings. The van der Waals surface area contributed by atoms with Crippen LogP contribution in [0.15, 0.2) is 59.6 Å². The van der Waals surface area contributed by atoms with E-state index in [1.54, 1.807) is 0 Å². The number of aliphatic hydroxyl groups excluding tert-OH is 1. The van der Waals surface area contributed by atoms with E-state index in [9.17, 15) is 0 Å². The van der Waals surface area contributed by atoms with Crippen molar-refractivity contribution in [1.29, 1.82) is 0 Å². The first kappa shape index (κ1) is 18.5. The van der Waals surface area contributed by atoms with Gasteiger partial charge in [0.25, 0.3) is 0 Å². The van der Waals surface area contributed by atoms with E-state index < -0.39 is 0 Å². The molecule has 0 aromatic heterocycles. The average Bonchev–Trinajstić information content (AvgIpc) is 2.57. The normalized spacial score (nSPS) is 12.2. The Hall–Kier alpha value is -1.81. The predicted molar refractivity (Wildman–Crippen MR) is 101 cm³/mol. The molecule has 3 nitrogen and oxygen atoms in total. The Balaban J connectivity index is 2.04. The molecule has 0 aliphatic carbocycles. The number of rotatable bonds is 8. The first-order valence-corrected chi connectivity index (χ1v) is 8.44. The van der Waals surface area contributed by atoms with Gasteiger partial charge in [-0.25, -0.2) is 0 Å². The molecule has 0 atom stereocenters. The van der Waals surface area contributed by atoms with Gasteiger partial charge >= 0.3 is 0 Å². The molecule has 0 bridgehead atoms. The second-order valence-electron chi connectivity index (χ2n) is 5.67. The van der Waals surface area contributed by atoms with E-state index in [1.807, 2.05) is 61.3 Å². The quantitative estimate of drug-likeness (QED) is 0.784. The molecule has 0 aliphatic heterocycles. The SMILES string of the molecule is C/C(Cl)=C(/c1ccccc1)c1ccc(OCCN(C)CCO)cc1. The van der Waals surface area contributed by atoms with Gasteiger partial charge in [-0.1, -0.05) is 54.1 Å². The van der Waals surface area contributed by atoms with Crippen molar-refractivity contribution < 1.29 is 9.84 Å². The highest BCUT2D eigenvalue weighted by atomic mass is 35.5. The minimum atomic E-state index is 0.164. The maximum Gasteiger partial charge on any atom is 0.119 e. The Kier molecular flexibility index (Phi) is 7.32. The minimum absolute atomic E-state index is 0.164. The van der Waals surface area contributed by atoms with Crippen LogP contribution in [0.5, 0.6) is 5.75 Å². The van der Waals surface area contributed by atoms with Crippen molar-refractivity contribution >= 4 is 17.2 Å². The van der Waals surface area contributed by atoms with Crippen LogP contribution in [-0.2, 0) is 0 Å². The van der Waals surface area contributed by atoms with E-state index in [0.29, 0.717) is 13.2 Å². The fraction of sp³-hybridized carbons (Fsp3) is 0.300. The lowest BCUT2D eigenvalue weighted by Gasteiger charge is -2.15. The lowest BCUT2D eigenvalue weighted by molar-refractivity contribution is 0.192. The zero-order chi connectivity index (χ0) is 17.4. The predicted octanol–water partition coefficient (Wildman–Crippen LogP) is 4.01. The van der Waals surface area contributed by atoms with Crippen molar-refractivity contribution in [3.8, 4) is 5.75 Å². The smallest absolute Gasteiger partial charge is 0.119 e. The van der Waals surface area contributed by atoms with Gasteiger partial charge < -0.3 is 14.7 Å². The van der Waals surface area contributed by atoms with Crippen molar-refractivity contribution in [2.45, 2.75) is 6.92 Å². The lowest BCUT2D eigenvalue weighted by atomic mass is 9.98. The summed E-state index contributed by atoms with van der Waals surface area (Å²) in [6.45, 7) is 4.09. The number of aliphatic hydroxyl groups is 1. The van der Waals surface area contributed by atoms with Gasteiger partial charge in [-0.05, 0) is 37.2 Å². The average molecular weight is 346 g/mol. The number of hydrogen-bond donors (Lipinski definition) is 1. The monoisotopic (exact) mass is 345 g/mol. The van der Waals surface area contributed by atoms with Gasteiger partial charge in [-0.2, -0.15) is 0 Å². The highest BCUT2D eigenvalue weighted by molar-refractivity contribution is 6.33. The summed E-state index contributed by atoms with van der Waals surface area (Å²) in [7, 11) is 1.96. The van der Waals surface area contributed by atoms with Crippen LogP contribution < -0.4 is 4.74 Å². The minimum Gasteiger partial charge on any atom is -0.492 e.